The van der Waals surface area contributed by atoms with Gasteiger partial charge in [0.2, 0.25) is 5.88 Å². The molecule has 0 aliphatic carbocycles. The summed E-state index contributed by atoms with van der Waals surface area (Å²) in [5.41, 5.74) is 3.53. The molecule has 7 nitrogen and oxygen atoms in total. The number of rotatable bonds is 11. The van der Waals surface area contributed by atoms with Crippen LogP contribution in [0.2, 0.25) is 0 Å². The summed E-state index contributed by atoms with van der Waals surface area (Å²) in [6.45, 7) is 1.33. The summed E-state index contributed by atoms with van der Waals surface area (Å²) in [5.74, 6) is 1.42. The maximum Gasteiger partial charge on any atom is 0.258 e. The summed E-state index contributed by atoms with van der Waals surface area (Å²) < 4.78 is 18.3. The molecule has 1 heterocycles. The van der Waals surface area contributed by atoms with Gasteiger partial charge in [-0.3, -0.25) is 9.48 Å². The Morgan fingerprint density at radius 2 is 1.54 bits per heavy atom. The highest BCUT2D eigenvalue weighted by Gasteiger charge is 2.18. The van der Waals surface area contributed by atoms with Crippen molar-refractivity contribution in [1.29, 1.82) is 0 Å². The second-order valence-corrected chi connectivity index (χ2v) is 8.00. The number of benzene rings is 3. The third-order valence-corrected chi connectivity index (χ3v) is 5.53. The summed E-state index contributed by atoms with van der Waals surface area (Å²) in [7, 11) is 3.21. The third kappa shape index (κ3) is 6.41. The van der Waals surface area contributed by atoms with Gasteiger partial charge >= 0.3 is 0 Å². The highest BCUT2D eigenvalue weighted by Crippen LogP contribution is 2.27. The molecule has 0 bridgehead atoms. The fourth-order valence-corrected chi connectivity index (χ4v) is 3.70. The minimum Gasteiger partial charge on any atom is -0.493 e. The highest BCUT2D eigenvalue weighted by molar-refractivity contribution is 5.96. The summed E-state index contributed by atoms with van der Waals surface area (Å²) >= 11 is 0. The van der Waals surface area contributed by atoms with Crippen molar-refractivity contribution >= 4 is 5.91 Å². The Kier molecular flexibility index (Phi) is 8.01. The van der Waals surface area contributed by atoms with Crippen LogP contribution in [-0.4, -0.2) is 36.5 Å². The van der Waals surface area contributed by atoms with Gasteiger partial charge < -0.3 is 19.5 Å². The van der Waals surface area contributed by atoms with Crippen LogP contribution in [0.15, 0.2) is 85.1 Å². The predicted molar refractivity (Wildman–Crippen MR) is 134 cm³/mol. The Balaban J connectivity index is 1.45. The Bertz CT molecular complexity index is 1240. The number of hydrogen-bond donors (Lipinski definition) is 1. The van der Waals surface area contributed by atoms with Crippen molar-refractivity contribution in [3.63, 3.8) is 0 Å². The van der Waals surface area contributed by atoms with E-state index in [0.717, 1.165) is 16.7 Å². The predicted octanol–water partition coefficient (Wildman–Crippen LogP) is 4.50. The van der Waals surface area contributed by atoms with Gasteiger partial charge in [0.15, 0.2) is 11.5 Å². The van der Waals surface area contributed by atoms with Crippen molar-refractivity contribution in [1.82, 2.24) is 15.1 Å². The lowest BCUT2D eigenvalue weighted by atomic mass is 10.1. The number of carbonyl (C=O) groups excluding carboxylic acids is 1. The van der Waals surface area contributed by atoms with Crippen molar-refractivity contribution in [2.75, 3.05) is 20.8 Å². The Hall–Kier alpha value is -4.26. The van der Waals surface area contributed by atoms with Crippen molar-refractivity contribution in [2.24, 2.45) is 0 Å². The SMILES string of the molecule is COc1ccc(CCNC(=O)c2cn(Cc3ccccc3)nc2OCc2ccccc2)cc1OC. The summed E-state index contributed by atoms with van der Waals surface area (Å²) in [6, 6.07) is 25.5. The number of amides is 1. The van der Waals surface area contributed by atoms with Crippen molar-refractivity contribution in [2.45, 2.75) is 19.6 Å². The number of methoxy groups -OCH3 is 2. The molecule has 4 rings (SSSR count). The fourth-order valence-electron chi connectivity index (χ4n) is 3.70. The van der Waals surface area contributed by atoms with Gasteiger partial charge in [0, 0.05) is 12.7 Å². The quantitative estimate of drug-likeness (QED) is 0.349. The lowest BCUT2D eigenvalue weighted by Crippen LogP contribution is -2.26. The van der Waals surface area contributed by atoms with E-state index in [2.05, 4.69) is 10.4 Å². The zero-order chi connectivity index (χ0) is 24.5. The van der Waals surface area contributed by atoms with E-state index in [1.54, 1.807) is 25.1 Å². The number of nitrogens with zero attached hydrogens (tertiary/aromatic N) is 2. The number of aromatic nitrogens is 2. The zero-order valence-electron chi connectivity index (χ0n) is 19.9. The molecule has 0 aliphatic rings. The maximum atomic E-state index is 13.1. The van der Waals surface area contributed by atoms with Gasteiger partial charge in [-0.25, -0.2) is 0 Å². The van der Waals surface area contributed by atoms with Crippen LogP contribution in [0, 0.1) is 0 Å². The van der Waals surface area contributed by atoms with Gasteiger partial charge in [0.1, 0.15) is 12.2 Å². The van der Waals surface area contributed by atoms with E-state index in [1.807, 2.05) is 78.9 Å². The molecule has 4 aromatic rings. The minimum atomic E-state index is -0.229. The summed E-state index contributed by atoms with van der Waals surface area (Å²) in [5, 5.41) is 7.54. The van der Waals surface area contributed by atoms with Gasteiger partial charge in [-0.15, -0.1) is 5.10 Å². The molecule has 0 saturated heterocycles. The Morgan fingerprint density at radius 3 is 2.23 bits per heavy atom. The zero-order valence-corrected chi connectivity index (χ0v) is 19.9. The largest absolute Gasteiger partial charge is 0.493 e. The molecule has 0 saturated carbocycles. The van der Waals surface area contributed by atoms with Crippen LogP contribution in [-0.2, 0) is 19.6 Å². The molecular weight excluding hydrogens is 442 g/mol. The molecule has 0 unspecified atom stereocenters. The van der Waals surface area contributed by atoms with Gasteiger partial charge in [-0.05, 0) is 35.2 Å². The molecule has 1 aromatic heterocycles. The van der Waals surface area contributed by atoms with E-state index in [9.17, 15) is 4.79 Å². The third-order valence-electron chi connectivity index (χ3n) is 5.53. The smallest absolute Gasteiger partial charge is 0.258 e. The molecule has 180 valence electrons. The molecule has 35 heavy (non-hydrogen) atoms. The number of ether oxygens (including phenoxy) is 3. The molecule has 0 spiro atoms. The monoisotopic (exact) mass is 471 g/mol. The first-order valence-electron chi connectivity index (χ1n) is 11.4. The van der Waals surface area contributed by atoms with E-state index in [-0.39, 0.29) is 5.91 Å². The van der Waals surface area contributed by atoms with Gasteiger partial charge in [0.25, 0.3) is 5.91 Å². The van der Waals surface area contributed by atoms with Gasteiger partial charge in [0.05, 0.1) is 20.8 Å². The van der Waals surface area contributed by atoms with Crippen LogP contribution in [0.4, 0.5) is 0 Å². The van der Waals surface area contributed by atoms with Crippen LogP contribution in [0.3, 0.4) is 0 Å². The van der Waals surface area contributed by atoms with Crippen LogP contribution in [0.5, 0.6) is 17.4 Å². The van der Waals surface area contributed by atoms with Gasteiger partial charge in [-0.1, -0.05) is 66.7 Å². The topological polar surface area (TPSA) is 74.6 Å². The molecular formula is C28H29N3O4. The van der Waals surface area contributed by atoms with E-state index in [4.69, 9.17) is 14.2 Å². The number of nitrogens with one attached hydrogen (secondary N) is 1. The Labute approximate surface area is 205 Å². The van der Waals surface area contributed by atoms with E-state index >= 15 is 0 Å². The second kappa shape index (κ2) is 11.7. The van der Waals surface area contributed by atoms with Crippen molar-refractivity contribution in [3.8, 4) is 17.4 Å². The maximum absolute atomic E-state index is 13.1. The Morgan fingerprint density at radius 1 is 0.857 bits per heavy atom. The summed E-state index contributed by atoms with van der Waals surface area (Å²) in [6.07, 6.45) is 2.38. The normalized spacial score (nSPS) is 10.6. The lowest BCUT2D eigenvalue weighted by Gasteiger charge is -2.10. The van der Waals surface area contributed by atoms with Crippen LogP contribution in [0.25, 0.3) is 0 Å². The lowest BCUT2D eigenvalue weighted by molar-refractivity contribution is 0.0949. The molecule has 0 fully saturated rings. The molecule has 0 atom stereocenters. The number of hydrogen-bond acceptors (Lipinski definition) is 5. The first-order chi connectivity index (χ1) is 17.2. The number of carbonyl (C=O) groups is 1. The van der Waals surface area contributed by atoms with Gasteiger partial charge in [-0.2, -0.15) is 0 Å². The van der Waals surface area contributed by atoms with E-state index in [0.29, 0.717) is 49.1 Å². The second-order valence-electron chi connectivity index (χ2n) is 8.00. The summed E-state index contributed by atoms with van der Waals surface area (Å²) in [4.78, 5) is 13.1. The van der Waals surface area contributed by atoms with E-state index in [1.165, 1.54) is 0 Å². The standard InChI is InChI=1S/C28H29N3O4/c1-33-25-14-13-21(17-26(25)34-2)15-16-29-27(32)24-19-31(18-22-9-5-3-6-10-22)30-28(24)35-20-23-11-7-4-8-12-23/h3-14,17,19H,15-16,18,20H2,1-2H3,(H,29,32). The average Bonchev–Trinajstić information content (AvgIpc) is 3.31. The first-order valence-corrected chi connectivity index (χ1v) is 11.4. The molecule has 0 aliphatic heterocycles. The average molecular weight is 472 g/mol. The van der Waals surface area contributed by atoms with Crippen molar-refractivity contribution < 1.29 is 19.0 Å². The molecule has 3 aromatic carbocycles. The van der Waals surface area contributed by atoms with Crippen LogP contribution < -0.4 is 19.5 Å². The molecule has 1 amide bonds. The van der Waals surface area contributed by atoms with Crippen LogP contribution in [0.1, 0.15) is 27.0 Å². The first kappa shape index (κ1) is 23.9. The minimum absolute atomic E-state index is 0.229. The highest BCUT2D eigenvalue weighted by atomic mass is 16.5. The molecule has 0 radical (unpaired) electrons. The van der Waals surface area contributed by atoms with Crippen LogP contribution >= 0.6 is 0 Å². The fraction of sp³-hybridized carbons (Fsp3) is 0.214. The van der Waals surface area contributed by atoms with Crippen molar-refractivity contribution in [3.05, 3.63) is 107 Å². The molecule has 1 N–H and O–H groups in total. The molecule has 7 heteroatoms. The van der Waals surface area contributed by atoms with E-state index < -0.39 is 0 Å².